The molecule has 8 heteroatoms. The molecule has 0 spiro atoms. The fraction of sp³-hybridized carbons (Fsp3) is 0. The van der Waals surface area contributed by atoms with E-state index in [0.717, 1.165) is 0 Å². The molecule has 0 aromatic heterocycles. The second kappa shape index (κ2) is 5.18. The molecule has 2 aromatic carbocycles. The van der Waals surface area contributed by atoms with Gasteiger partial charge in [-0.05, 0) is 10.9 Å². The SMILES string of the molecule is Fc1cc(F)c(Bc2c(F)cc(F)c(F)c2F)c(F)c1. The van der Waals surface area contributed by atoms with Crippen LogP contribution in [0.2, 0.25) is 0 Å². The second-order valence-electron chi connectivity index (χ2n) is 3.97. The predicted molar refractivity (Wildman–Crippen MR) is 59.0 cm³/mol. The number of rotatable bonds is 2. The van der Waals surface area contributed by atoms with Crippen molar-refractivity contribution in [3.63, 3.8) is 0 Å². The third-order valence-electron chi connectivity index (χ3n) is 2.67. The Morgan fingerprint density at radius 1 is 0.550 bits per heavy atom. The van der Waals surface area contributed by atoms with Crippen molar-refractivity contribution in [2.75, 3.05) is 0 Å². The van der Waals surface area contributed by atoms with Gasteiger partial charge in [0.15, 0.2) is 17.5 Å². The monoisotopic (exact) mass is 292 g/mol. The summed E-state index contributed by atoms with van der Waals surface area (Å²) in [5, 5.41) is 0. The molecule has 0 amide bonds. The molecule has 0 aliphatic rings. The lowest BCUT2D eigenvalue weighted by molar-refractivity contribution is 0.440. The van der Waals surface area contributed by atoms with Crippen molar-refractivity contribution in [3.05, 3.63) is 58.9 Å². The van der Waals surface area contributed by atoms with E-state index in [1.54, 1.807) is 0 Å². The summed E-state index contributed by atoms with van der Waals surface area (Å²) in [6.07, 6.45) is 0. The second-order valence-corrected chi connectivity index (χ2v) is 3.97. The van der Waals surface area contributed by atoms with E-state index in [2.05, 4.69) is 0 Å². The lowest BCUT2D eigenvalue weighted by Gasteiger charge is -2.08. The van der Waals surface area contributed by atoms with E-state index < -0.39 is 58.9 Å². The first-order chi connectivity index (χ1) is 9.31. The summed E-state index contributed by atoms with van der Waals surface area (Å²) < 4.78 is 91.8. The zero-order valence-corrected chi connectivity index (χ0v) is 9.58. The molecule has 0 heterocycles. The molecule has 20 heavy (non-hydrogen) atoms. The van der Waals surface area contributed by atoms with Crippen LogP contribution in [0.15, 0.2) is 18.2 Å². The minimum Gasteiger partial charge on any atom is -0.207 e. The average molecular weight is 292 g/mol. The fourth-order valence-corrected chi connectivity index (χ4v) is 1.68. The van der Waals surface area contributed by atoms with Crippen LogP contribution in [0.5, 0.6) is 0 Å². The van der Waals surface area contributed by atoms with Gasteiger partial charge < -0.3 is 0 Å². The Morgan fingerprint density at radius 3 is 1.60 bits per heavy atom. The Bertz CT molecular complexity index is 661. The molecule has 0 aliphatic heterocycles. The Hall–Kier alpha value is -1.99. The largest absolute Gasteiger partial charge is 0.207 e. The van der Waals surface area contributed by atoms with Crippen LogP contribution < -0.4 is 10.9 Å². The quantitative estimate of drug-likeness (QED) is 0.344. The molecule has 0 unspecified atom stereocenters. The molecule has 0 bridgehead atoms. The van der Waals surface area contributed by atoms with E-state index in [9.17, 15) is 30.7 Å². The molecule has 0 radical (unpaired) electrons. The standard InChI is InChI=1S/C12H4BF7/c14-4-1-5(15)9(6(16)2-4)13-10-7(17)3-8(18)11(19)12(10)20/h1-3,13H. The summed E-state index contributed by atoms with van der Waals surface area (Å²) in [5.41, 5.74) is -1.90. The van der Waals surface area contributed by atoms with Crippen molar-refractivity contribution in [3.8, 4) is 0 Å². The topological polar surface area (TPSA) is 0 Å². The van der Waals surface area contributed by atoms with Crippen LogP contribution in [0.4, 0.5) is 30.7 Å². The van der Waals surface area contributed by atoms with Crippen LogP contribution in [-0.4, -0.2) is 7.28 Å². The van der Waals surface area contributed by atoms with Crippen molar-refractivity contribution in [2.45, 2.75) is 0 Å². The summed E-state index contributed by atoms with van der Waals surface area (Å²) in [7, 11) is -1.02. The molecule has 0 saturated carbocycles. The molecule has 0 saturated heterocycles. The zero-order chi connectivity index (χ0) is 15.0. The van der Waals surface area contributed by atoms with Gasteiger partial charge in [-0.3, -0.25) is 0 Å². The first kappa shape index (κ1) is 14.4. The highest BCUT2D eigenvalue weighted by Gasteiger charge is 2.23. The molecular formula is C12H4BF7. The van der Waals surface area contributed by atoms with Crippen LogP contribution in [0.3, 0.4) is 0 Å². The van der Waals surface area contributed by atoms with Crippen molar-refractivity contribution in [1.82, 2.24) is 0 Å². The molecule has 0 N–H and O–H groups in total. The highest BCUT2D eigenvalue weighted by atomic mass is 19.2. The smallest absolute Gasteiger partial charge is 0.207 e. The number of hydrogen-bond acceptors (Lipinski definition) is 0. The first-order valence-corrected chi connectivity index (χ1v) is 5.26. The van der Waals surface area contributed by atoms with Gasteiger partial charge in [0.05, 0.1) is 0 Å². The molecule has 0 fully saturated rings. The maximum atomic E-state index is 13.4. The minimum atomic E-state index is -1.95. The number of halogens is 7. The van der Waals surface area contributed by atoms with Crippen molar-refractivity contribution < 1.29 is 30.7 Å². The number of benzene rings is 2. The van der Waals surface area contributed by atoms with E-state index in [0.29, 0.717) is 12.1 Å². The molecule has 2 aromatic rings. The Morgan fingerprint density at radius 2 is 1.05 bits per heavy atom. The molecule has 2 rings (SSSR count). The van der Waals surface area contributed by atoms with E-state index >= 15 is 0 Å². The zero-order valence-electron chi connectivity index (χ0n) is 9.58. The van der Waals surface area contributed by atoms with Gasteiger partial charge in [0.25, 0.3) is 0 Å². The Kier molecular flexibility index (Phi) is 3.74. The molecule has 0 nitrogen and oxygen atoms in total. The van der Waals surface area contributed by atoms with Gasteiger partial charge in [-0.15, -0.1) is 0 Å². The van der Waals surface area contributed by atoms with Gasteiger partial charge in [-0.25, -0.2) is 30.7 Å². The Balaban J connectivity index is 2.54. The van der Waals surface area contributed by atoms with Gasteiger partial charge in [-0.1, -0.05) is 0 Å². The molecule has 0 aliphatic carbocycles. The summed E-state index contributed by atoms with van der Waals surface area (Å²) in [6, 6.07) is 0.690. The predicted octanol–water partition coefficient (Wildman–Crippen LogP) is 2.05. The summed E-state index contributed by atoms with van der Waals surface area (Å²) in [4.78, 5) is 0. The molecule has 104 valence electrons. The first-order valence-electron chi connectivity index (χ1n) is 5.26. The average Bonchev–Trinajstić information content (AvgIpc) is 2.34. The number of hydrogen-bond donors (Lipinski definition) is 0. The summed E-state index contributed by atoms with van der Waals surface area (Å²) in [6.45, 7) is 0. The van der Waals surface area contributed by atoms with Crippen LogP contribution in [0.1, 0.15) is 0 Å². The van der Waals surface area contributed by atoms with Gasteiger partial charge in [0.1, 0.15) is 23.3 Å². The third kappa shape index (κ3) is 2.50. The minimum absolute atomic E-state index is 0.0626. The lowest BCUT2D eigenvalue weighted by atomic mass is 9.63. The van der Waals surface area contributed by atoms with Crippen molar-refractivity contribution >= 4 is 18.2 Å². The van der Waals surface area contributed by atoms with Crippen molar-refractivity contribution in [2.24, 2.45) is 0 Å². The van der Waals surface area contributed by atoms with E-state index in [1.807, 2.05) is 0 Å². The van der Waals surface area contributed by atoms with Crippen molar-refractivity contribution in [1.29, 1.82) is 0 Å². The molecular weight excluding hydrogens is 288 g/mol. The maximum Gasteiger partial charge on any atom is 0.207 e. The summed E-state index contributed by atoms with van der Waals surface area (Å²) in [5.74, 6) is -11.1. The van der Waals surface area contributed by atoms with E-state index in [4.69, 9.17) is 0 Å². The normalized spacial score (nSPS) is 10.8. The lowest BCUT2D eigenvalue weighted by Crippen LogP contribution is -2.37. The van der Waals surface area contributed by atoms with Gasteiger partial charge in [-0.2, -0.15) is 0 Å². The van der Waals surface area contributed by atoms with Crippen LogP contribution in [0.25, 0.3) is 0 Å². The highest BCUT2D eigenvalue weighted by Crippen LogP contribution is 2.11. The van der Waals surface area contributed by atoms with Crippen LogP contribution in [-0.2, 0) is 0 Å². The third-order valence-corrected chi connectivity index (χ3v) is 2.67. The highest BCUT2D eigenvalue weighted by molar-refractivity contribution is 6.67. The van der Waals surface area contributed by atoms with E-state index in [1.165, 1.54) is 0 Å². The van der Waals surface area contributed by atoms with Crippen LogP contribution >= 0.6 is 0 Å². The van der Waals surface area contributed by atoms with Gasteiger partial charge in [0, 0.05) is 18.2 Å². The Labute approximate surface area is 109 Å². The fourth-order valence-electron chi connectivity index (χ4n) is 1.68. The van der Waals surface area contributed by atoms with E-state index in [-0.39, 0.29) is 6.07 Å². The molecule has 0 atom stereocenters. The summed E-state index contributed by atoms with van der Waals surface area (Å²) >= 11 is 0. The van der Waals surface area contributed by atoms with Crippen LogP contribution in [0, 0.1) is 40.7 Å². The van der Waals surface area contributed by atoms with Gasteiger partial charge in [0.2, 0.25) is 7.28 Å². The maximum absolute atomic E-state index is 13.4. The van der Waals surface area contributed by atoms with Gasteiger partial charge >= 0.3 is 0 Å².